The van der Waals surface area contributed by atoms with Gasteiger partial charge in [-0.2, -0.15) is 0 Å². The van der Waals surface area contributed by atoms with Crippen molar-refractivity contribution in [1.29, 1.82) is 0 Å². The summed E-state index contributed by atoms with van der Waals surface area (Å²) in [5.41, 5.74) is 8.54. The number of hydrogen-bond acceptors (Lipinski definition) is 8. The molecule has 0 spiro atoms. The van der Waals surface area contributed by atoms with Crippen LogP contribution in [0.15, 0.2) is 146 Å². The molecule has 10 rings (SSSR count). The third-order valence-electron chi connectivity index (χ3n) is 13.1. The summed E-state index contributed by atoms with van der Waals surface area (Å²) in [5.74, 6) is 1.96. The average Bonchev–Trinajstić information content (AvgIpc) is 3.94. The second-order valence-corrected chi connectivity index (χ2v) is 34.0. The molecule has 8 aromatic rings. The molecule has 0 unspecified atom stereocenters. The Hall–Kier alpha value is -3.11. The molecule has 10 nitrogen and oxygen atoms in total. The second kappa shape index (κ2) is 29.8. The van der Waals surface area contributed by atoms with Gasteiger partial charge in [0.2, 0.25) is 11.9 Å². The second-order valence-electron chi connectivity index (χ2n) is 17.8. The molecule has 382 valence electrons. The zero-order valence-electron chi connectivity index (χ0n) is 42.6. The number of likely N-dealkylation sites (tertiary alicyclic amines) is 2. The Morgan fingerprint density at radius 1 is 0.583 bits per heavy atom. The molecule has 0 saturated carbocycles. The number of hydrogen-bond donors (Lipinski definition) is 3. The van der Waals surface area contributed by atoms with Gasteiger partial charge < -0.3 is 39.4 Å². The average molecular weight is 1540 g/mol. The summed E-state index contributed by atoms with van der Waals surface area (Å²) in [5, 5.41) is 16.8. The topological polar surface area (TPSA) is 95.6 Å². The van der Waals surface area contributed by atoms with Gasteiger partial charge in [0.05, 0.1) is 46.3 Å². The Bertz CT molecular complexity index is 2960. The molecule has 2 aromatic heterocycles. The largest absolute Gasteiger partial charge is 0.508 e. The van der Waals surface area contributed by atoms with E-state index in [0.717, 1.165) is 128 Å². The quantitative estimate of drug-likeness (QED) is 0.0874. The van der Waals surface area contributed by atoms with E-state index in [0.29, 0.717) is 49.9 Å². The minimum absolute atomic E-state index is 0.218. The zero-order valence-corrected chi connectivity index (χ0v) is 50.4. The predicted octanol–water partition coefficient (Wildman–Crippen LogP) is 10.9. The predicted molar refractivity (Wildman–Crippen MR) is 321 cm³/mol. The number of piperidine rings is 2. The van der Waals surface area contributed by atoms with E-state index in [9.17, 15) is 13.9 Å². The van der Waals surface area contributed by atoms with Gasteiger partial charge in [-0.25, -0.2) is 18.7 Å². The number of aromatic hydroxyl groups is 1. The van der Waals surface area contributed by atoms with Crippen molar-refractivity contribution in [2.75, 3.05) is 56.9 Å². The number of rotatable bonds is 15. The maximum atomic E-state index is 13.4. The smallest absolute Gasteiger partial charge is 0.204 e. The van der Waals surface area contributed by atoms with Crippen LogP contribution in [0, 0.1) is 11.6 Å². The van der Waals surface area contributed by atoms with Gasteiger partial charge in [-0.15, -0.1) is 0 Å². The van der Waals surface area contributed by atoms with Crippen LogP contribution >= 0.6 is 74.5 Å². The fraction of sp³-hybridized carbons (Fsp3) is 0.309. The van der Waals surface area contributed by atoms with E-state index in [4.69, 9.17) is 18.8 Å². The fourth-order valence-electron chi connectivity index (χ4n) is 9.16. The molecule has 6 aromatic carbocycles. The van der Waals surface area contributed by atoms with Gasteiger partial charge in [-0.05, 0) is 134 Å². The van der Waals surface area contributed by atoms with Gasteiger partial charge in [-0.1, -0.05) is 72.8 Å². The molecule has 17 heteroatoms. The molecule has 0 radical (unpaired) electrons. The maximum Gasteiger partial charge on any atom is 0.204 e. The molecule has 4 heterocycles. The third kappa shape index (κ3) is 17.0. The monoisotopic (exact) mass is 1540 g/mol. The van der Waals surface area contributed by atoms with E-state index < -0.39 is 7.04 Å². The van der Waals surface area contributed by atoms with Gasteiger partial charge >= 0.3 is 50.5 Å². The molecule has 2 fully saturated rings. The number of phenolic OH excluding ortho intramolecular Hbond substituents is 1. The fourth-order valence-corrected chi connectivity index (χ4v) is 9.16. The number of anilines is 2. The van der Waals surface area contributed by atoms with Crippen LogP contribution < -0.4 is 28.6 Å². The standard InChI is InChI=1S/C28H31FN4O.C27H29FN4O.I3.I2/c1-34-25-12-8-21(9-13-25)14-17-32-18-15-24(16-19-32)30-28-31-26-4-2-3-5-27(26)33(28)20-22-6-10-23(29)11-7-22;28-22-9-5-21(6-10-22)19-32-26-4-2-1-3-25(26)30-27(32)29-23-14-17-31(18-15-23)16-13-20-7-11-24(33)12-8-20;1-3-2;1-2/h2-13,24H,14-20H2,1H3,(H,30,31);1-12,23,33H,13-19H2,(H,29,30);;/q;;-1;/i1T3;;;. The molecule has 2 aliphatic heterocycles. The molecule has 2 aliphatic rings. The van der Waals surface area contributed by atoms with Gasteiger partial charge in [0.1, 0.15) is 23.1 Å². The van der Waals surface area contributed by atoms with Crippen molar-refractivity contribution in [1.82, 2.24) is 28.9 Å². The zero-order chi connectivity index (χ0) is 53.2. The molecule has 72 heavy (non-hydrogen) atoms. The Balaban J connectivity index is 0.000000203. The Labute approximate surface area is 479 Å². The summed E-state index contributed by atoms with van der Waals surface area (Å²) in [4.78, 5) is 14.7. The van der Waals surface area contributed by atoms with E-state index in [2.05, 4.69) is 116 Å². The first-order chi connectivity index (χ1) is 36.4. The first kappa shape index (κ1) is 52.3. The summed E-state index contributed by atoms with van der Waals surface area (Å²) in [7, 11) is -2.43. The van der Waals surface area contributed by atoms with E-state index >= 15 is 0 Å². The molecule has 0 aliphatic carbocycles. The summed E-state index contributed by atoms with van der Waals surface area (Å²) < 4.78 is 57.7. The first-order valence-electron chi connectivity index (χ1n) is 25.3. The summed E-state index contributed by atoms with van der Waals surface area (Å²) >= 11 is 9.54. The number of fused-ring (bicyclic) bond motifs is 2. The molecule has 0 bridgehead atoms. The third-order valence-corrected chi connectivity index (χ3v) is 13.1. The van der Waals surface area contributed by atoms with Crippen molar-refractivity contribution in [2.24, 2.45) is 0 Å². The van der Waals surface area contributed by atoms with E-state index in [1.807, 2.05) is 84.9 Å². The van der Waals surface area contributed by atoms with Crippen molar-refractivity contribution in [3.63, 3.8) is 0 Å². The van der Waals surface area contributed by atoms with Crippen molar-refractivity contribution in [3.8, 4) is 11.5 Å². The molecular formula is C55H60F2I5N8O2-. The van der Waals surface area contributed by atoms with Crippen LogP contribution in [-0.4, -0.2) is 92.4 Å². The number of para-hydroxylation sites is 4. The van der Waals surface area contributed by atoms with Crippen LogP contribution in [0.5, 0.6) is 11.5 Å². The van der Waals surface area contributed by atoms with Crippen LogP contribution in [0.2, 0.25) is 0 Å². The van der Waals surface area contributed by atoms with E-state index in [-0.39, 0.29) is 11.6 Å². The van der Waals surface area contributed by atoms with Crippen LogP contribution in [-0.2, 0) is 25.9 Å². The number of benzene rings is 6. The number of phenols is 1. The first-order valence-corrected chi connectivity index (χ1v) is 42.7. The number of halogens is 7. The van der Waals surface area contributed by atoms with Gasteiger partial charge in [0, 0.05) is 88.6 Å². The minimum atomic E-state index is -2.43. The van der Waals surface area contributed by atoms with Crippen LogP contribution in [0.3, 0.4) is 0 Å². The van der Waals surface area contributed by atoms with Crippen LogP contribution in [0.1, 0.15) is 52.0 Å². The van der Waals surface area contributed by atoms with Crippen molar-refractivity contribution < 1.29 is 36.0 Å². The molecule has 0 amide bonds. The normalized spacial score (nSPS) is 15.2. The molecule has 3 N–H and O–H groups in total. The SMILES string of the molecule is II.I[I-]I.Oc1ccc(CCN2CCC(Nc3nc4ccccc4n3Cc3ccc(F)cc3)CC2)cc1.[3H]C([3H])([3H])Oc1ccc(CCN2CCC(Nc3nc4ccccc4n3Cc3ccc(F)cc3)CC2)cc1. The molecule has 2 saturated heterocycles. The van der Waals surface area contributed by atoms with E-state index in [1.165, 1.54) is 29.8 Å². The summed E-state index contributed by atoms with van der Waals surface area (Å²) in [6.45, 7) is 7.34. The summed E-state index contributed by atoms with van der Waals surface area (Å²) in [6, 6.07) is 45.1. The van der Waals surface area contributed by atoms with Gasteiger partial charge in [0.25, 0.3) is 0 Å². The van der Waals surface area contributed by atoms with Crippen LogP contribution in [0.4, 0.5) is 20.7 Å². The van der Waals surface area contributed by atoms with E-state index in [1.54, 1.807) is 24.3 Å². The minimum Gasteiger partial charge on any atom is -0.508 e. The van der Waals surface area contributed by atoms with Crippen molar-refractivity contribution >= 4 is 108 Å². The number of nitrogens with zero attached hydrogens (tertiary/aromatic N) is 6. The number of ether oxygens (including phenoxy) is 1. The molecular weight excluding hydrogens is 1480 g/mol. The number of methoxy groups -OCH3 is 1. The summed E-state index contributed by atoms with van der Waals surface area (Å²) in [6.07, 6.45) is 6.06. The van der Waals surface area contributed by atoms with Crippen molar-refractivity contribution in [3.05, 3.63) is 179 Å². The van der Waals surface area contributed by atoms with Gasteiger partial charge in [-0.3, -0.25) is 0 Å². The van der Waals surface area contributed by atoms with Crippen molar-refractivity contribution in [2.45, 2.75) is 63.7 Å². The Morgan fingerprint density at radius 3 is 1.36 bits per heavy atom. The number of imidazole rings is 2. The maximum absolute atomic E-state index is 13.4. The number of nitrogens with one attached hydrogen (secondary N) is 2. The van der Waals surface area contributed by atoms with Crippen LogP contribution in [0.25, 0.3) is 22.1 Å². The van der Waals surface area contributed by atoms with Gasteiger partial charge in [0.15, 0.2) is 0 Å². The molecule has 0 atom stereocenters. The Kier molecular flexibility index (Phi) is 21.7. The Morgan fingerprint density at radius 2 is 0.958 bits per heavy atom. The number of aromatic nitrogens is 4.